The van der Waals surface area contributed by atoms with E-state index in [4.69, 9.17) is 0 Å². The molecule has 0 unspecified atom stereocenters. The van der Waals surface area contributed by atoms with Crippen LogP contribution in [-0.4, -0.2) is 4.57 Å². The van der Waals surface area contributed by atoms with Gasteiger partial charge in [-0.25, -0.2) is 0 Å². The van der Waals surface area contributed by atoms with Crippen LogP contribution in [0.3, 0.4) is 0 Å². The molecule has 16 rings (SSSR count). The number of nitrogens with zero attached hydrogens (tertiary/aromatic N) is 2. The van der Waals surface area contributed by atoms with E-state index in [1.165, 1.54) is 120 Å². The van der Waals surface area contributed by atoms with Crippen LogP contribution in [0, 0.1) is 0 Å². The molecule has 71 heavy (non-hydrogen) atoms. The second kappa shape index (κ2) is 14.4. The summed E-state index contributed by atoms with van der Waals surface area (Å²) in [6.45, 7) is 0. The third-order valence-electron chi connectivity index (χ3n) is 16.1. The van der Waals surface area contributed by atoms with Gasteiger partial charge in [0.25, 0.3) is 0 Å². The lowest BCUT2D eigenvalue weighted by atomic mass is 9.70. The van der Waals surface area contributed by atoms with Crippen LogP contribution in [0.5, 0.6) is 0 Å². The minimum absolute atomic E-state index is 0.545. The maximum Gasteiger partial charge on any atom is 0.0726 e. The van der Waals surface area contributed by atoms with Gasteiger partial charge in [0.2, 0.25) is 0 Å². The van der Waals surface area contributed by atoms with Crippen molar-refractivity contribution in [2.24, 2.45) is 0 Å². The van der Waals surface area contributed by atoms with E-state index in [-0.39, 0.29) is 0 Å². The fourth-order valence-corrected chi connectivity index (χ4v) is 13.2. The summed E-state index contributed by atoms with van der Waals surface area (Å²) in [6.07, 6.45) is 0. The van der Waals surface area contributed by atoms with Crippen LogP contribution in [0.15, 0.2) is 255 Å². The normalized spacial score (nSPS) is 13.2. The Labute approximate surface area is 410 Å². The molecule has 0 saturated heterocycles. The zero-order chi connectivity index (χ0) is 46.4. The summed E-state index contributed by atoms with van der Waals surface area (Å²) in [5.74, 6) is 0. The first-order valence-corrected chi connectivity index (χ1v) is 24.8. The summed E-state index contributed by atoms with van der Waals surface area (Å²) in [7, 11) is 0. The highest BCUT2D eigenvalue weighted by molar-refractivity contribution is 6.26. The smallest absolute Gasteiger partial charge is 0.0726 e. The topological polar surface area (TPSA) is 8.17 Å². The molecule has 2 aliphatic rings. The molecule has 1 spiro atoms. The summed E-state index contributed by atoms with van der Waals surface area (Å²) in [6, 6.07) is 95.9. The first kappa shape index (κ1) is 38.7. The number of hydrogen-bond acceptors (Lipinski definition) is 1. The van der Waals surface area contributed by atoms with Crippen LogP contribution in [-0.2, 0) is 5.41 Å². The highest BCUT2D eigenvalue weighted by Crippen LogP contribution is 2.64. The summed E-state index contributed by atoms with van der Waals surface area (Å²) >= 11 is 0. The van der Waals surface area contributed by atoms with E-state index in [1.807, 2.05) is 0 Å². The lowest BCUT2D eigenvalue weighted by molar-refractivity contribution is 0.793. The molecule has 1 aromatic heterocycles. The largest absolute Gasteiger partial charge is 0.308 e. The average Bonchev–Trinajstić information content (AvgIpc) is 4.04. The van der Waals surface area contributed by atoms with Gasteiger partial charge in [0.15, 0.2) is 0 Å². The molecular weight excluding hydrogens is 857 g/mol. The van der Waals surface area contributed by atoms with Crippen molar-refractivity contribution in [3.63, 3.8) is 0 Å². The summed E-state index contributed by atoms with van der Waals surface area (Å²) in [4.78, 5) is 2.58. The molecule has 2 nitrogen and oxygen atoms in total. The van der Waals surface area contributed by atoms with E-state index in [0.29, 0.717) is 0 Å². The van der Waals surface area contributed by atoms with Gasteiger partial charge in [-0.15, -0.1) is 0 Å². The van der Waals surface area contributed by atoms with Crippen molar-refractivity contribution in [1.29, 1.82) is 0 Å². The third-order valence-corrected chi connectivity index (χ3v) is 16.1. The Kier molecular flexibility index (Phi) is 7.85. The molecule has 14 aromatic rings. The van der Waals surface area contributed by atoms with E-state index in [1.54, 1.807) is 0 Å². The lowest BCUT2D eigenvalue weighted by Gasteiger charge is -2.33. The van der Waals surface area contributed by atoms with E-state index in [9.17, 15) is 0 Å². The van der Waals surface area contributed by atoms with Gasteiger partial charge in [-0.05, 0) is 147 Å². The van der Waals surface area contributed by atoms with Crippen molar-refractivity contribution < 1.29 is 0 Å². The molecule has 0 amide bonds. The minimum Gasteiger partial charge on any atom is -0.308 e. The van der Waals surface area contributed by atoms with Crippen molar-refractivity contribution in [3.05, 3.63) is 277 Å². The second-order valence-electron chi connectivity index (χ2n) is 19.5. The maximum absolute atomic E-state index is 2.59. The van der Waals surface area contributed by atoms with Crippen molar-refractivity contribution in [2.45, 2.75) is 5.41 Å². The number of para-hydroxylation sites is 2. The first-order valence-electron chi connectivity index (χ1n) is 24.8. The van der Waals surface area contributed by atoms with Gasteiger partial charge < -0.3 is 9.47 Å². The van der Waals surface area contributed by atoms with Crippen molar-refractivity contribution in [2.75, 3.05) is 4.90 Å². The van der Waals surface area contributed by atoms with Gasteiger partial charge >= 0.3 is 0 Å². The fourth-order valence-electron chi connectivity index (χ4n) is 13.2. The van der Waals surface area contributed by atoms with Crippen molar-refractivity contribution in [1.82, 2.24) is 4.57 Å². The SMILES string of the molecule is c1ccc2c(c1)-c1ccccc1C21c2ccccc2-c2cc(-n3c4ccccc4c4ccccc43)c(N(c3ccc4ccc5ccccc5c4c3)c3ccc4c5ccccc5c5ccccc5c4c3)cc21. The van der Waals surface area contributed by atoms with Crippen LogP contribution >= 0.6 is 0 Å². The number of hydrogen-bond donors (Lipinski definition) is 0. The summed E-state index contributed by atoms with van der Waals surface area (Å²) < 4.78 is 2.54. The molecule has 0 aliphatic heterocycles. The summed E-state index contributed by atoms with van der Waals surface area (Å²) in [5.41, 5.74) is 16.6. The number of anilines is 3. The van der Waals surface area contributed by atoms with E-state index >= 15 is 0 Å². The van der Waals surface area contributed by atoms with Gasteiger partial charge in [-0.1, -0.05) is 206 Å². The number of aromatic nitrogens is 1. The molecule has 0 bridgehead atoms. The van der Waals surface area contributed by atoms with Gasteiger partial charge in [0.1, 0.15) is 0 Å². The minimum atomic E-state index is -0.545. The van der Waals surface area contributed by atoms with Crippen LogP contribution in [0.4, 0.5) is 17.1 Å². The Morgan fingerprint density at radius 1 is 0.268 bits per heavy atom. The average molecular weight is 899 g/mol. The first-order chi connectivity index (χ1) is 35.2. The molecule has 2 aliphatic carbocycles. The quantitative estimate of drug-likeness (QED) is 0.160. The Morgan fingerprint density at radius 3 is 1.27 bits per heavy atom. The maximum atomic E-state index is 2.59. The van der Waals surface area contributed by atoms with Crippen LogP contribution in [0.2, 0.25) is 0 Å². The predicted octanol–water partition coefficient (Wildman–Crippen LogP) is 18.4. The standard InChI is InChI=1S/C69H42N2/c1-2-18-47-43(17-1)33-34-44-35-36-45(39-58(44)47)70(46-37-38-52-50-21-4-3-19-48(50)49-20-5-6-22-51(49)59(52)40-46)68-42-64-60(41-67(68)71-65-31-15-10-26-56(65)57-27-11-16-32-66(57)71)55-25-9-14-30-63(55)69(64)61-28-12-7-23-53(61)54-24-8-13-29-62(54)69/h1-42H. The third kappa shape index (κ3) is 5.15. The zero-order valence-electron chi connectivity index (χ0n) is 38.6. The molecular formula is C69H42N2. The van der Waals surface area contributed by atoms with E-state index in [0.717, 1.165) is 22.7 Å². The highest BCUT2D eigenvalue weighted by atomic mass is 15.2. The molecule has 0 N–H and O–H groups in total. The predicted molar refractivity (Wildman–Crippen MR) is 299 cm³/mol. The Balaban J connectivity index is 1.09. The van der Waals surface area contributed by atoms with Crippen LogP contribution in [0.25, 0.3) is 104 Å². The monoisotopic (exact) mass is 898 g/mol. The Bertz CT molecular complexity index is 4480. The molecule has 0 fully saturated rings. The van der Waals surface area contributed by atoms with Gasteiger partial charge in [0.05, 0.1) is 27.8 Å². The second-order valence-corrected chi connectivity index (χ2v) is 19.5. The van der Waals surface area contributed by atoms with Crippen LogP contribution < -0.4 is 4.90 Å². The molecule has 1 heterocycles. The molecule has 0 radical (unpaired) electrons. The van der Waals surface area contributed by atoms with Gasteiger partial charge in [-0.2, -0.15) is 0 Å². The molecule has 2 heteroatoms. The molecule has 0 saturated carbocycles. The zero-order valence-corrected chi connectivity index (χ0v) is 38.6. The lowest BCUT2D eigenvalue weighted by Crippen LogP contribution is -2.26. The highest BCUT2D eigenvalue weighted by Gasteiger charge is 2.52. The summed E-state index contributed by atoms with van der Waals surface area (Å²) in [5, 5.41) is 14.9. The van der Waals surface area contributed by atoms with Gasteiger partial charge in [-0.3, -0.25) is 0 Å². The Hall–Kier alpha value is -9.24. The van der Waals surface area contributed by atoms with Crippen LogP contribution in [0.1, 0.15) is 22.3 Å². The number of benzene rings is 13. The molecule has 0 atom stereocenters. The molecule has 13 aromatic carbocycles. The van der Waals surface area contributed by atoms with Crippen molar-refractivity contribution >= 4 is 92.7 Å². The van der Waals surface area contributed by atoms with E-state index in [2.05, 4.69) is 264 Å². The van der Waals surface area contributed by atoms with Crippen molar-refractivity contribution in [3.8, 4) is 27.9 Å². The van der Waals surface area contributed by atoms with E-state index < -0.39 is 5.41 Å². The fraction of sp³-hybridized carbons (Fsp3) is 0.0145. The van der Waals surface area contributed by atoms with Gasteiger partial charge in [0, 0.05) is 22.1 Å². The number of rotatable bonds is 4. The Morgan fingerprint density at radius 2 is 0.676 bits per heavy atom. The molecule has 328 valence electrons. The number of fused-ring (bicyclic) bond motifs is 22.